The molecule has 0 aromatic carbocycles. The highest BCUT2D eigenvalue weighted by atomic mass is 16.3. The van der Waals surface area contributed by atoms with E-state index < -0.39 is 0 Å². The van der Waals surface area contributed by atoms with Crippen LogP contribution in [0.3, 0.4) is 0 Å². The molecule has 0 aliphatic rings. The summed E-state index contributed by atoms with van der Waals surface area (Å²) in [6.07, 6.45) is 3.40. The number of carbonyl (C=O) groups is 1. The van der Waals surface area contributed by atoms with Crippen molar-refractivity contribution in [2.45, 2.75) is 0 Å². The lowest BCUT2D eigenvalue weighted by atomic mass is 10.3. The van der Waals surface area contributed by atoms with Crippen LogP contribution in [0, 0.1) is 0 Å². The van der Waals surface area contributed by atoms with E-state index in [1.165, 1.54) is 4.90 Å². The standard InChI is InChI=1S/C12H14N4O2/c1-15(8-9-17)12(18)10-4-2-5-11(14-10)16-7-3-6-13-16/h2-7,17H,8-9H2,1H3. The Morgan fingerprint density at radius 2 is 2.28 bits per heavy atom. The quantitative estimate of drug-likeness (QED) is 0.844. The average molecular weight is 246 g/mol. The molecular formula is C12H14N4O2. The number of rotatable bonds is 4. The van der Waals surface area contributed by atoms with Crippen molar-refractivity contribution >= 4 is 5.91 Å². The molecule has 2 aromatic rings. The number of hydrogen-bond acceptors (Lipinski definition) is 4. The third-order valence-electron chi connectivity index (χ3n) is 2.47. The van der Waals surface area contributed by atoms with E-state index in [1.54, 1.807) is 48.4 Å². The molecule has 18 heavy (non-hydrogen) atoms. The second kappa shape index (κ2) is 5.42. The van der Waals surface area contributed by atoms with Gasteiger partial charge in [0.15, 0.2) is 5.82 Å². The van der Waals surface area contributed by atoms with E-state index >= 15 is 0 Å². The van der Waals surface area contributed by atoms with Crippen molar-refractivity contribution in [3.05, 3.63) is 42.4 Å². The van der Waals surface area contributed by atoms with Crippen molar-refractivity contribution in [2.24, 2.45) is 0 Å². The molecular weight excluding hydrogens is 232 g/mol. The fraction of sp³-hybridized carbons (Fsp3) is 0.250. The van der Waals surface area contributed by atoms with Crippen molar-refractivity contribution in [2.75, 3.05) is 20.2 Å². The number of carbonyl (C=O) groups excluding carboxylic acids is 1. The molecule has 0 aliphatic heterocycles. The third kappa shape index (κ3) is 2.54. The molecule has 6 nitrogen and oxygen atoms in total. The predicted molar refractivity (Wildman–Crippen MR) is 65.4 cm³/mol. The Morgan fingerprint density at radius 3 is 2.94 bits per heavy atom. The van der Waals surface area contributed by atoms with Crippen molar-refractivity contribution in [1.29, 1.82) is 0 Å². The Labute approximate surface area is 104 Å². The van der Waals surface area contributed by atoms with Crippen LogP contribution in [0.2, 0.25) is 0 Å². The Morgan fingerprint density at radius 1 is 1.44 bits per heavy atom. The largest absolute Gasteiger partial charge is 0.395 e. The molecule has 0 unspecified atom stereocenters. The summed E-state index contributed by atoms with van der Waals surface area (Å²) in [7, 11) is 1.63. The highest BCUT2D eigenvalue weighted by molar-refractivity contribution is 5.92. The fourth-order valence-corrected chi connectivity index (χ4v) is 1.52. The average Bonchev–Trinajstić information content (AvgIpc) is 2.92. The summed E-state index contributed by atoms with van der Waals surface area (Å²) in [4.78, 5) is 17.7. The van der Waals surface area contributed by atoms with Crippen LogP contribution in [-0.4, -0.2) is 50.9 Å². The maximum absolute atomic E-state index is 12.0. The Kier molecular flexibility index (Phi) is 3.69. The van der Waals surface area contributed by atoms with Crippen molar-refractivity contribution in [3.63, 3.8) is 0 Å². The monoisotopic (exact) mass is 246 g/mol. The first-order valence-electron chi connectivity index (χ1n) is 5.56. The van der Waals surface area contributed by atoms with Gasteiger partial charge < -0.3 is 10.0 Å². The van der Waals surface area contributed by atoms with Gasteiger partial charge in [0.1, 0.15) is 5.69 Å². The molecule has 6 heteroatoms. The minimum atomic E-state index is -0.224. The van der Waals surface area contributed by atoms with Gasteiger partial charge in [-0.3, -0.25) is 4.79 Å². The zero-order valence-corrected chi connectivity index (χ0v) is 10.0. The highest BCUT2D eigenvalue weighted by Gasteiger charge is 2.13. The molecule has 2 heterocycles. The maximum atomic E-state index is 12.0. The molecule has 0 spiro atoms. The van der Waals surface area contributed by atoms with Crippen LogP contribution in [-0.2, 0) is 0 Å². The van der Waals surface area contributed by atoms with Crippen LogP contribution in [0.4, 0.5) is 0 Å². The Balaban J connectivity index is 2.25. The van der Waals surface area contributed by atoms with Gasteiger partial charge in [-0.1, -0.05) is 6.07 Å². The summed E-state index contributed by atoms with van der Waals surface area (Å²) in [5.74, 6) is 0.362. The number of nitrogens with zero attached hydrogens (tertiary/aromatic N) is 4. The Hall–Kier alpha value is -2.21. The minimum absolute atomic E-state index is 0.0684. The van der Waals surface area contributed by atoms with Gasteiger partial charge in [-0.25, -0.2) is 9.67 Å². The van der Waals surface area contributed by atoms with E-state index in [0.29, 0.717) is 11.5 Å². The number of aromatic nitrogens is 3. The number of aliphatic hydroxyl groups is 1. The lowest BCUT2D eigenvalue weighted by Gasteiger charge is -2.15. The summed E-state index contributed by atoms with van der Waals surface area (Å²) in [6, 6.07) is 6.96. The van der Waals surface area contributed by atoms with E-state index in [2.05, 4.69) is 10.1 Å². The van der Waals surface area contributed by atoms with E-state index in [9.17, 15) is 4.79 Å². The molecule has 0 radical (unpaired) electrons. The van der Waals surface area contributed by atoms with Crippen LogP contribution in [0.5, 0.6) is 0 Å². The predicted octanol–water partition coefficient (Wildman–Crippen LogP) is 0.332. The van der Waals surface area contributed by atoms with Gasteiger partial charge in [-0.15, -0.1) is 0 Å². The summed E-state index contributed by atoms with van der Waals surface area (Å²) in [5.41, 5.74) is 0.332. The molecule has 0 fully saturated rings. The maximum Gasteiger partial charge on any atom is 0.272 e. The number of amides is 1. The van der Waals surface area contributed by atoms with Crippen LogP contribution in [0.1, 0.15) is 10.5 Å². The molecule has 0 saturated heterocycles. The summed E-state index contributed by atoms with van der Waals surface area (Å²) in [6.45, 7) is 0.216. The van der Waals surface area contributed by atoms with Crippen LogP contribution in [0.25, 0.3) is 5.82 Å². The smallest absolute Gasteiger partial charge is 0.272 e. The van der Waals surface area contributed by atoms with Crippen molar-refractivity contribution in [1.82, 2.24) is 19.7 Å². The van der Waals surface area contributed by atoms with Gasteiger partial charge in [-0.05, 0) is 18.2 Å². The van der Waals surface area contributed by atoms with Gasteiger partial charge >= 0.3 is 0 Å². The first-order chi connectivity index (χ1) is 8.72. The lowest BCUT2D eigenvalue weighted by molar-refractivity contribution is 0.0761. The molecule has 2 aromatic heterocycles. The van der Waals surface area contributed by atoms with Crippen LogP contribution < -0.4 is 0 Å². The van der Waals surface area contributed by atoms with Crippen LogP contribution >= 0.6 is 0 Å². The minimum Gasteiger partial charge on any atom is -0.395 e. The number of likely N-dealkylation sites (N-methyl/N-ethyl adjacent to an activating group) is 1. The Bertz CT molecular complexity index is 525. The first-order valence-corrected chi connectivity index (χ1v) is 5.56. The van der Waals surface area contributed by atoms with Gasteiger partial charge in [0.05, 0.1) is 6.61 Å². The zero-order chi connectivity index (χ0) is 13.0. The van der Waals surface area contributed by atoms with Gasteiger partial charge in [-0.2, -0.15) is 5.10 Å². The molecule has 0 bridgehead atoms. The molecule has 1 amide bonds. The van der Waals surface area contributed by atoms with Gasteiger partial charge in [0, 0.05) is 26.0 Å². The molecule has 0 atom stereocenters. The molecule has 0 aliphatic carbocycles. The van der Waals surface area contributed by atoms with Gasteiger partial charge in [0.25, 0.3) is 5.91 Å². The van der Waals surface area contributed by atoms with E-state index in [4.69, 9.17) is 5.11 Å². The molecule has 94 valence electrons. The molecule has 2 rings (SSSR count). The zero-order valence-electron chi connectivity index (χ0n) is 10.0. The first kappa shape index (κ1) is 12.3. The van der Waals surface area contributed by atoms with Crippen molar-refractivity contribution in [3.8, 4) is 5.82 Å². The van der Waals surface area contributed by atoms with Crippen LogP contribution in [0.15, 0.2) is 36.7 Å². The number of hydrogen-bond donors (Lipinski definition) is 1. The van der Waals surface area contributed by atoms with E-state index in [-0.39, 0.29) is 19.1 Å². The summed E-state index contributed by atoms with van der Waals surface area (Å²) < 4.78 is 1.59. The summed E-state index contributed by atoms with van der Waals surface area (Å²) >= 11 is 0. The molecule has 1 N–H and O–H groups in total. The SMILES string of the molecule is CN(CCO)C(=O)c1cccc(-n2cccn2)n1. The number of pyridine rings is 1. The highest BCUT2D eigenvalue weighted by Crippen LogP contribution is 2.06. The van der Waals surface area contributed by atoms with Crippen molar-refractivity contribution < 1.29 is 9.90 Å². The molecule has 0 saturated carbocycles. The second-order valence-electron chi connectivity index (χ2n) is 3.78. The lowest BCUT2D eigenvalue weighted by Crippen LogP contribution is -2.30. The third-order valence-corrected chi connectivity index (χ3v) is 2.47. The topological polar surface area (TPSA) is 71.2 Å². The fourth-order valence-electron chi connectivity index (χ4n) is 1.52. The summed E-state index contributed by atoms with van der Waals surface area (Å²) in [5, 5.41) is 12.9. The normalized spacial score (nSPS) is 10.3. The van der Waals surface area contributed by atoms with Gasteiger partial charge in [0.2, 0.25) is 0 Å². The number of aliphatic hydroxyl groups excluding tert-OH is 1. The van der Waals surface area contributed by atoms with E-state index in [0.717, 1.165) is 0 Å². The van der Waals surface area contributed by atoms with E-state index in [1.807, 2.05) is 0 Å². The second-order valence-corrected chi connectivity index (χ2v) is 3.78.